The molecule has 1 aromatic carbocycles. The van der Waals surface area contributed by atoms with Crippen molar-refractivity contribution in [3.63, 3.8) is 0 Å². The van der Waals surface area contributed by atoms with Crippen molar-refractivity contribution in [3.8, 4) is 0 Å². The number of halogens is 1. The van der Waals surface area contributed by atoms with Gasteiger partial charge in [0.1, 0.15) is 5.82 Å². The van der Waals surface area contributed by atoms with Crippen LogP contribution in [0.3, 0.4) is 0 Å². The van der Waals surface area contributed by atoms with Crippen LogP contribution < -0.4 is 5.32 Å². The first-order valence-corrected chi connectivity index (χ1v) is 5.72. The molecule has 4 heteroatoms. The highest BCUT2D eigenvalue weighted by Gasteiger charge is 2.07. The fraction of sp³-hybridized carbons (Fsp3) is 0.154. The van der Waals surface area contributed by atoms with E-state index in [-0.39, 0.29) is 0 Å². The average Bonchev–Trinajstić information content (AvgIpc) is 2.38. The SMILES string of the molecule is OC(CNc1ncccc1Cl)c1ccccc1. The molecule has 1 atom stereocenters. The number of aliphatic hydroxyl groups is 1. The van der Waals surface area contributed by atoms with Gasteiger partial charge >= 0.3 is 0 Å². The normalized spacial score (nSPS) is 12.1. The molecule has 2 N–H and O–H groups in total. The molecule has 0 saturated carbocycles. The largest absolute Gasteiger partial charge is 0.387 e. The summed E-state index contributed by atoms with van der Waals surface area (Å²) in [7, 11) is 0. The van der Waals surface area contributed by atoms with Crippen molar-refractivity contribution in [1.82, 2.24) is 4.98 Å². The van der Waals surface area contributed by atoms with E-state index in [1.54, 1.807) is 18.3 Å². The number of hydrogen-bond acceptors (Lipinski definition) is 3. The number of benzene rings is 1. The molecule has 0 fully saturated rings. The van der Waals surface area contributed by atoms with E-state index in [1.807, 2.05) is 30.3 Å². The highest BCUT2D eigenvalue weighted by atomic mass is 35.5. The maximum Gasteiger partial charge on any atom is 0.144 e. The molecule has 0 aliphatic rings. The number of aromatic nitrogens is 1. The van der Waals surface area contributed by atoms with Crippen LogP contribution in [0.2, 0.25) is 5.02 Å². The fourth-order valence-electron chi connectivity index (χ4n) is 1.50. The van der Waals surface area contributed by atoms with Gasteiger partial charge in [-0.3, -0.25) is 0 Å². The van der Waals surface area contributed by atoms with Gasteiger partial charge < -0.3 is 10.4 Å². The Bertz CT molecular complexity index is 476. The van der Waals surface area contributed by atoms with Gasteiger partial charge in [0.25, 0.3) is 0 Å². The fourth-order valence-corrected chi connectivity index (χ4v) is 1.69. The average molecular weight is 249 g/mol. The Labute approximate surface area is 105 Å². The monoisotopic (exact) mass is 248 g/mol. The van der Waals surface area contributed by atoms with Gasteiger partial charge in [-0.1, -0.05) is 41.9 Å². The number of anilines is 1. The van der Waals surface area contributed by atoms with Gasteiger partial charge in [-0.25, -0.2) is 4.98 Å². The highest BCUT2D eigenvalue weighted by Crippen LogP contribution is 2.19. The molecular formula is C13H13ClN2O. The molecule has 0 radical (unpaired) electrons. The molecule has 0 amide bonds. The molecule has 1 heterocycles. The van der Waals surface area contributed by atoms with Gasteiger partial charge in [0.15, 0.2) is 0 Å². The molecule has 0 saturated heterocycles. The van der Waals surface area contributed by atoms with Gasteiger partial charge in [0.05, 0.1) is 11.1 Å². The summed E-state index contributed by atoms with van der Waals surface area (Å²) in [5.74, 6) is 0.587. The first kappa shape index (κ1) is 11.9. The Balaban J connectivity index is 1.97. The van der Waals surface area contributed by atoms with E-state index >= 15 is 0 Å². The van der Waals surface area contributed by atoms with Crippen LogP contribution >= 0.6 is 11.6 Å². The quantitative estimate of drug-likeness (QED) is 0.875. The Kier molecular flexibility index (Phi) is 3.96. The molecule has 0 spiro atoms. The number of aliphatic hydroxyl groups excluding tert-OH is 1. The molecule has 0 bridgehead atoms. The standard InChI is InChI=1S/C13H13ClN2O/c14-11-7-4-8-15-13(11)16-9-12(17)10-5-2-1-3-6-10/h1-8,12,17H,9H2,(H,15,16). The second kappa shape index (κ2) is 5.66. The van der Waals surface area contributed by atoms with E-state index in [2.05, 4.69) is 10.3 Å². The maximum absolute atomic E-state index is 9.94. The minimum Gasteiger partial charge on any atom is -0.387 e. The third kappa shape index (κ3) is 3.19. The Morgan fingerprint density at radius 1 is 1.18 bits per heavy atom. The molecule has 2 rings (SSSR count). The minimum absolute atomic E-state index is 0.376. The van der Waals surface area contributed by atoms with Crippen LogP contribution in [0.4, 0.5) is 5.82 Å². The van der Waals surface area contributed by atoms with Crippen molar-refractivity contribution in [2.45, 2.75) is 6.10 Å². The van der Waals surface area contributed by atoms with Crippen molar-refractivity contribution in [1.29, 1.82) is 0 Å². The number of nitrogens with zero attached hydrogens (tertiary/aromatic N) is 1. The van der Waals surface area contributed by atoms with E-state index in [0.717, 1.165) is 5.56 Å². The molecule has 3 nitrogen and oxygen atoms in total. The first-order chi connectivity index (χ1) is 8.27. The van der Waals surface area contributed by atoms with Crippen molar-refractivity contribution >= 4 is 17.4 Å². The second-order valence-electron chi connectivity index (χ2n) is 3.64. The number of nitrogens with one attached hydrogen (secondary N) is 1. The van der Waals surface area contributed by atoms with E-state index in [4.69, 9.17) is 11.6 Å². The molecule has 1 aromatic heterocycles. The van der Waals surface area contributed by atoms with Gasteiger partial charge in [0.2, 0.25) is 0 Å². The number of pyridine rings is 1. The molecule has 2 aromatic rings. The smallest absolute Gasteiger partial charge is 0.144 e. The lowest BCUT2D eigenvalue weighted by Gasteiger charge is -2.13. The maximum atomic E-state index is 9.94. The lowest BCUT2D eigenvalue weighted by molar-refractivity contribution is 0.191. The zero-order valence-electron chi connectivity index (χ0n) is 9.18. The van der Waals surface area contributed by atoms with E-state index in [9.17, 15) is 5.11 Å². The van der Waals surface area contributed by atoms with Crippen LogP contribution in [-0.4, -0.2) is 16.6 Å². The second-order valence-corrected chi connectivity index (χ2v) is 4.05. The van der Waals surface area contributed by atoms with E-state index in [0.29, 0.717) is 17.4 Å². The van der Waals surface area contributed by atoms with Crippen molar-refractivity contribution in [2.24, 2.45) is 0 Å². The molecule has 88 valence electrons. The molecule has 17 heavy (non-hydrogen) atoms. The summed E-state index contributed by atoms with van der Waals surface area (Å²) in [6, 6.07) is 13.0. The van der Waals surface area contributed by atoms with E-state index < -0.39 is 6.10 Å². The van der Waals surface area contributed by atoms with Crippen LogP contribution in [0.1, 0.15) is 11.7 Å². The van der Waals surface area contributed by atoms with Gasteiger partial charge in [0, 0.05) is 12.7 Å². The van der Waals surface area contributed by atoms with Gasteiger partial charge in [-0.15, -0.1) is 0 Å². The predicted molar refractivity (Wildman–Crippen MR) is 69.1 cm³/mol. The van der Waals surface area contributed by atoms with Gasteiger partial charge in [-0.2, -0.15) is 0 Å². The van der Waals surface area contributed by atoms with Crippen LogP contribution in [0.5, 0.6) is 0 Å². The van der Waals surface area contributed by atoms with Crippen LogP contribution in [-0.2, 0) is 0 Å². The number of rotatable bonds is 4. The zero-order valence-corrected chi connectivity index (χ0v) is 9.93. The summed E-state index contributed by atoms with van der Waals surface area (Å²) < 4.78 is 0. The molecule has 0 aliphatic carbocycles. The highest BCUT2D eigenvalue weighted by molar-refractivity contribution is 6.32. The summed E-state index contributed by atoms with van der Waals surface area (Å²) >= 11 is 5.95. The predicted octanol–water partition coefficient (Wildman–Crippen LogP) is 2.88. The summed E-state index contributed by atoms with van der Waals surface area (Å²) in [5, 5.41) is 13.5. The summed E-state index contributed by atoms with van der Waals surface area (Å²) in [5.41, 5.74) is 0.868. The molecular weight excluding hydrogens is 236 g/mol. The van der Waals surface area contributed by atoms with Gasteiger partial charge in [-0.05, 0) is 17.7 Å². The van der Waals surface area contributed by atoms with Crippen LogP contribution in [0.15, 0.2) is 48.7 Å². The van der Waals surface area contributed by atoms with Crippen LogP contribution in [0, 0.1) is 0 Å². The third-order valence-corrected chi connectivity index (χ3v) is 2.71. The summed E-state index contributed by atoms with van der Waals surface area (Å²) in [4.78, 5) is 4.09. The van der Waals surface area contributed by atoms with E-state index in [1.165, 1.54) is 0 Å². The lowest BCUT2D eigenvalue weighted by Crippen LogP contribution is -2.13. The van der Waals surface area contributed by atoms with Crippen molar-refractivity contribution in [3.05, 3.63) is 59.2 Å². The molecule has 1 unspecified atom stereocenters. The summed E-state index contributed by atoms with van der Waals surface area (Å²) in [6.45, 7) is 0.376. The number of hydrogen-bond donors (Lipinski definition) is 2. The Morgan fingerprint density at radius 2 is 1.94 bits per heavy atom. The van der Waals surface area contributed by atoms with Crippen molar-refractivity contribution < 1.29 is 5.11 Å². The Morgan fingerprint density at radius 3 is 2.65 bits per heavy atom. The molecule has 0 aliphatic heterocycles. The zero-order chi connectivity index (χ0) is 12.1. The topological polar surface area (TPSA) is 45.1 Å². The summed E-state index contributed by atoms with van der Waals surface area (Å²) in [6.07, 6.45) is 1.08. The first-order valence-electron chi connectivity index (χ1n) is 5.35. The van der Waals surface area contributed by atoms with Crippen LogP contribution in [0.25, 0.3) is 0 Å². The lowest BCUT2D eigenvalue weighted by atomic mass is 10.1. The third-order valence-electron chi connectivity index (χ3n) is 2.41. The van der Waals surface area contributed by atoms with Crippen molar-refractivity contribution in [2.75, 3.05) is 11.9 Å². The Hall–Kier alpha value is -1.58. The minimum atomic E-state index is -0.575.